The van der Waals surface area contributed by atoms with Gasteiger partial charge in [-0.1, -0.05) is 26.0 Å². The van der Waals surface area contributed by atoms with Crippen molar-refractivity contribution < 1.29 is 14.6 Å². The number of benzene rings is 1. The molecule has 114 valence electrons. The maximum absolute atomic E-state index is 11.9. The molecular formula is C16H22N2O3. The van der Waals surface area contributed by atoms with Crippen molar-refractivity contribution in [3.05, 3.63) is 29.8 Å². The minimum absolute atomic E-state index is 0.199. The summed E-state index contributed by atoms with van der Waals surface area (Å²) >= 11 is 0. The fourth-order valence-electron chi connectivity index (χ4n) is 1.90. The minimum Gasteiger partial charge on any atom is -0.480 e. The number of aliphatic hydroxyl groups is 1. The van der Waals surface area contributed by atoms with Crippen LogP contribution in [0.15, 0.2) is 24.3 Å². The number of rotatable bonds is 7. The zero-order valence-corrected chi connectivity index (χ0v) is 12.7. The van der Waals surface area contributed by atoms with Gasteiger partial charge in [0.1, 0.15) is 11.8 Å². The summed E-state index contributed by atoms with van der Waals surface area (Å²) in [4.78, 5) is 11.9. The van der Waals surface area contributed by atoms with Gasteiger partial charge < -0.3 is 15.2 Å². The van der Waals surface area contributed by atoms with Gasteiger partial charge in [-0.05, 0) is 31.4 Å². The highest BCUT2D eigenvalue weighted by atomic mass is 16.5. The summed E-state index contributed by atoms with van der Waals surface area (Å²) in [6, 6.07) is 8.77. The molecule has 1 amide bonds. The Hall–Kier alpha value is -2.06. The Morgan fingerprint density at radius 1 is 1.38 bits per heavy atom. The lowest BCUT2D eigenvalue weighted by atomic mass is 10.1. The molecule has 0 aliphatic carbocycles. The molecule has 0 saturated heterocycles. The number of nitrogens with zero attached hydrogens (tertiary/aromatic N) is 1. The Labute approximate surface area is 125 Å². The van der Waals surface area contributed by atoms with Crippen molar-refractivity contribution in [1.29, 1.82) is 5.26 Å². The van der Waals surface area contributed by atoms with E-state index in [9.17, 15) is 9.90 Å². The highest BCUT2D eigenvalue weighted by molar-refractivity contribution is 5.80. The highest BCUT2D eigenvalue weighted by Crippen LogP contribution is 2.18. The van der Waals surface area contributed by atoms with Crippen molar-refractivity contribution in [3.8, 4) is 11.8 Å². The molecule has 0 aliphatic rings. The van der Waals surface area contributed by atoms with Gasteiger partial charge in [0.05, 0.1) is 11.7 Å². The van der Waals surface area contributed by atoms with Crippen LogP contribution < -0.4 is 10.1 Å². The molecule has 5 nitrogen and oxygen atoms in total. The van der Waals surface area contributed by atoms with Gasteiger partial charge in [0.25, 0.3) is 5.91 Å². The first-order chi connectivity index (χ1) is 9.93. The lowest BCUT2D eigenvalue weighted by molar-refractivity contribution is -0.127. The largest absolute Gasteiger partial charge is 0.480 e. The summed E-state index contributed by atoms with van der Waals surface area (Å²) in [5, 5.41) is 21.3. The minimum atomic E-state index is -0.731. The molecule has 5 heteroatoms. The van der Waals surface area contributed by atoms with Crippen molar-refractivity contribution in [2.45, 2.75) is 39.4 Å². The van der Waals surface area contributed by atoms with E-state index >= 15 is 0 Å². The molecule has 1 rings (SSSR count). The molecule has 0 fully saturated rings. The normalized spacial score (nSPS) is 13.3. The number of carbonyl (C=O) groups is 1. The van der Waals surface area contributed by atoms with Crippen molar-refractivity contribution >= 4 is 5.91 Å². The summed E-state index contributed by atoms with van der Waals surface area (Å²) in [6.07, 6.45) is -0.662. The maximum atomic E-state index is 11.9. The van der Waals surface area contributed by atoms with E-state index in [-0.39, 0.29) is 12.5 Å². The molecule has 0 heterocycles. The summed E-state index contributed by atoms with van der Waals surface area (Å²) in [6.45, 7) is 5.83. The Morgan fingerprint density at radius 2 is 2.05 bits per heavy atom. The first-order valence-electron chi connectivity index (χ1n) is 7.05. The lowest BCUT2D eigenvalue weighted by Crippen LogP contribution is -2.40. The second-order valence-electron chi connectivity index (χ2n) is 5.40. The third-order valence-corrected chi connectivity index (χ3v) is 2.94. The van der Waals surface area contributed by atoms with E-state index in [0.717, 1.165) is 0 Å². The van der Waals surface area contributed by atoms with E-state index in [1.807, 2.05) is 19.9 Å². The standard InChI is InChI=1S/C16H22N2O3/c1-11(2)8-14(19)10-18-16(20)12(3)21-15-7-5-4-6-13(15)9-17/h4-7,11-12,14,19H,8,10H2,1-3H3,(H,18,20). The average molecular weight is 290 g/mol. The number of hydrogen-bond donors (Lipinski definition) is 2. The fourth-order valence-corrected chi connectivity index (χ4v) is 1.90. The summed E-state index contributed by atoms with van der Waals surface area (Å²) in [5.74, 6) is 0.434. The SMILES string of the molecule is CC(C)CC(O)CNC(=O)C(C)Oc1ccccc1C#N. The van der Waals surface area contributed by atoms with Crippen LogP contribution in [0.25, 0.3) is 0 Å². The number of amides is 1. The zero-order valence-electron chi connectivity index (χ0n) is 12.7. The number of para-hydroxylation sites is 1. The van der Waals surface area contributed by atoms with E-state index in [4.69, 9.17) is 10.00 Å². The molecule has 2 N–H and O–H groups in total. The summed E-state index contributed by atoms with van der Waals surface area (Å²) in [5.41, 5.74) is 0.386. The van der Waals surface area contributed by atoms with Gasteiger partial charge in [0.15, 0.2) is 6.10 Å². The van der Waals surface area contributed by atoms with Gasteiger partial charge in [-0.15, -0.1) is 0 Å². The maximum Gasteiger partial charge on any atom is 0.260 e. The van der Waals surface area contributed by atoms with E-state index in [2.05, 4.69) is 5.32 Å². The van der Waals surface area contributed by atoms with Crippen LogP contribution in [0.3, 0.4) is 0 Å². The number of hydrogen-bond acceptors (Lipinski definition) is 4. The van der Waals surface area contributed by atoms with Gasteiger partial charge in [-0.25, -0.2) is 0 Å². The molecule has 2 unspecified atom stereocenters. The van der Waals surface area contributed by atoms with Gasteiger partial charge in [-0.3, -0.25) is 4.79 Å². The number of nitrogens with one attached hydrogen (secondary N) is 1. The smallest absolute Gasteiger partial charge is 0.260 e. The monoisotopic (exact) mass is 290 g/mol. The van der Waals surface area contributed by atoms with Gasteiger partial charge in [-0.2, -0.15) is 5.26 Å². The number of carbonyl (C=O) groups excluding carboxylic acids is 1. The second-order valence-corrected chi connectivity index (χ2v) is 5.40. The molecular weight excluding hydrogens is 268 g/mol. The zero-order chi connectivity index (χ0) is 15.8. The average Bonchev–Trinajstić information content (AvgIpc) is 2.44. The predicted octanol–water partition coefficient (Wildman–Crippen LogP) is 1.85. The van der Waals surface area contributed by atoms with Crippen LogP contribution in [0.4, 0.5) is 0 Å². The fraction of sp³-hybridized carbons (Fsp3) is 0.500. The number of nitriles is 1. The Kier molecular flexibility index (Phi) is 6.70. The van der Waals surface area contributed by atoms with Gasteiger partial charge in [0.2, 0.25) is 0 Å². The molecule has 0 aliphatic heterocycles. The number of aliphatic hydroxyl groups excluding tert-OH is 1. The van der Waals surface area contributed by atoms with Gasteiger partial charge >= 0.3 is 0 Å². The number of ether oxygens (including phenoxy) is 1. The van der Waals surface area contributed by atoms with Crippen LogP contribution in [0.1, 0.15) is 32.8 Å². The third kappa shape index (κ3) is 5.84. The molecule has 1 aromatic rings. The van der Waals surface area contributed by atoms with Crippen LogP contribution in [0.2, 0.25) is 0 Å². The highest BCUT2D eigenvalue weighted by Gasteiger charge is 2.17. The molecule has 0 bridgehead atoms. The molecule has 0 spiro atoms. The van der Waals surface area contributed by atoms with Crippen molar-refractivity contribution in [2.24, 2.45) is 5.92 Å². The molecule has 21 heavy (non-hydrogen) atoms. The third-order valence-electron chi connectivity index (χ3n) is 2.94. The quantitative estimate of drug-likeness (QED) is 0.803. The van der Waals surface area contributed by atoms with Gasteiger partial charge in [0, 0.05) is 6.54 Å². The van der Waals surface area contributed by atoms with Crippen LogP contribution in [-0.2, 0) is 4.79 Å². The molecule has 0 saturated carbocycles. The van der Waals surface area contributed by atoms with E-state index < -0.39 is 12.2 Å². The van der Waals surface area contributed by atoms with Crippen molar-refractivity contribution in [2.75, 3.05) is 6.54 Å². The van der Waals surface area contributed by atoms with Crippen LogP contribution in [0.5, 0.6) is 5.75 Å². The predicted molar refractivity (Wildman–Crippen MR) is 79.7 cm³/mol. The van der Waals surface area contributed by atoms with Crippen LogP contribution in [0, 0.1) is 17.2 Å². The summed E-state index contributed by atoms with van der Waals surface area (Å²) < 4.78 is 5.50. The first-order valence-corrected chi connectivity index (χ1v) is 7.05. The van der Waals surface area contributed by atoms with Crippen molar-refractivity contribution in [3.63, 3.8) is 0 Å². The Morgan fingerprint density at radius 3 is 2.67 bits per heavy atom. The molecule has 2 atom stereocenters. The Balaban J connectivity index is 2.50. The van der Waals surface area contributed by atoms with E-state index in [1.54, 1.807) is 31.2 Å². The Bertz CT molecular complexity index is 508. The van der Waals surface area contributed by atoms with Crippen LogP contribution >= 0.6 is 0 Å². The topological polar surface area (TPSA) is 82.3 Å². The second kappa shape index (κ2) is 8.28. The lowest BCUT2D eigenvalue weighted by Gasteiger charge is -2.18. The summed E-state index contributed by atoms with van der Waals surface area (Å²) in [7, 11) is 0. The van der Waals surface area contributed by atoms with Crippen molar-refractivity contribution in [1.82, 2.24) is 5.32 Å². The molecule has 1 aromatic carbocycles. The van der Waals surface area contributed by atoms with Crippen LogP contribution in [-0.4, -0.2) is 29.8 Å². The van der Waals surface area contributed by atoms with E-state index in [0.29, 0.717) is 23.7 Å². The van der Waals surface area contributed by atoms with E-state index in [1.165, 1.54) is 0 Å². The first kappa shape index (κ1) is 17.0. The molecule has 0 aromatic heterocycles. The molecule has 0 radical (unpaired) electrons.